The molecule has 4 rings (SSSR count). The Morgan fingerprint density at radius 2 is 1.90 bits per heavy atom. The molecule has 1 N–H and O–H groups in total. The monoisotopic (exact) mass is 270 g/mol. The van der Waals surface area contributed by atoms with Crippen LogP contribution in [0.2, 0.25) is 0 Å². The van der Waals surface area contributed by atoms with Gasteiger partial charge in [-0.15, -0.1) is 0 Å². The number of amides is 2. The van der Waals surface area contributed by atoms with E-state index >= 15 is 0 Å². The number of nitrogens with zero attached hydrogens (tertiary/aromatic N) is 1. The quantitative estimate of drug-likeness (QED) is 0.896. The molecule has 3 aliphatic rings. The number of carbonyl (C=O) groups excluding carboxylic acids is 2. The highest BCUT2D eigenvalue weighted by atomic mass is 16.2. The average Bonchev–Trinajstić information content (AvgIpc) is 3.27. The molecule has 2 amide bonds. The first-order chi connectivity index (χ1) is 9.72. The van der Waals surface area contributed by atoms with Gasteiger partial charge in [0.05, 0.1) is 5.69 Å². The van der Waals surface area contributed by atoms with E-state index in [-0.39, 0.29) is 17.7 Å². The molecule has 104 valence electrons. The fraction of sp³-hybridized carbons (Fsp3) is 0.500. The molecule has 0 spiro atoms. The van der Waals surface area contributed by atoms with Gasteiger partial charge in [-0.1, -0.05) is 0 Å². The molecular weight excluding hydrogens is 252 g/mol. The second-order valence-electron chi connectivity index (χ2n) is 6.06. The van der Waals surface area contributed by atoms with Crippen LogP contribution in [0.15, 0.2) is 12.1 Å². The smallest absolute Gasteiger partial charge is 0.227 e. The molecule has 4 nitrogen and oxygen atoms in total. The Balaban J connectivity index is 1.70. The molecule has 4 heteroatoms. The van der Waals surface area contributed by atoms with Crippen LogP contribution < -0.4 is 10.2 Å². The van der Waals surface area contributed by atoms with Crippen molar-refractivity contribution in [2.24, 2.45) is 5.92 Å². The van der Waals surface area contributed by atoms with Crippen LogP contribution in [0.5, 0.6) is 0 Å². The van der Waals surface area contributed by atoms with Gasteiger partial charge in [-0.05, 0) is 55.4 Å². The van der Waals surface area contributed by atoms with Gasteiger partial charge in [0.25, 0.3) is 0 Å². The minimum absolute atomic E-state index is 0.150. The maximum Gasteiger partial charge on any atom is 0.227 e. The Morgan fingerprint density at radius 3 is 2.65 bits per heavy atom. The van der Waals surface area contributed by atoms with Crippen molar-refractivity contribution in [1.29, 1.82) is 0 Å². The summed E-state index contributed by atoms with van der Waals surface area (Å²) in [4.78, 5) is 25.8. The van der Waals surface area contributed by atoms with Gasteiger partial charge in [-0.2, -0.15) is 0 Å². The van der Waals surface area contributed by atoms with E-state index < -0.39 is 0 Å². The highest BCUT2D eigenvalue weighted by molar-refractivity contribution is 5.99. The first-order valence-corrected chi connectivity index (χ1v) is 7.49. The second kappa shape index (κ2) is 4.33. The van der Waals surface area contributed by atoms with Crippen molar-refractivity contribution >= 4 is 23.2 Å². The lowest BCUT2D eigenvalue weighted by Crippen LogP contribution is -2.39. The number of carbonyl (C=O) groups is 2. The molecule has 1 aromatic rings. The fourth-order valence-electron chi connectivity index (χ4n) is 3.32. The standard InChI is InChI=1S/C16H18N2O2/c19-14-6-5-12-9-13(17-16(20)10-3-4-10)8-11-2-1-7-18(14)15(11)12/h8-10H,1-7H2,(H,17,20). The van der Waals surface area contributed by atoms with Crippen LogP contribution in [-0.2, 0) is 22.4 Å². The molecule has 20 heavy (non-hydrogen) atoms. The van der Waals surface area contributed by atoms with Gasteiger partial charge in [0.1, 0.15) is 0 Å². The summed E-state index contributed by atoms with van der Waals surface area (Å²) in [6, 6.07) is 4.12. The Labute approximate surface area is 118 Å². The summed E-state index contributed by atoms with van der Waals surface area (Å²) in [6.07, 6.45) is 5.44. The summed E-state index contributed by atoms with van der Waals surface area (Å²) in [5.74, 6) is 0.616. The predicted molar refractivity (Wildman–Crippen MR) is 76.8 cm³/mol. The van der Waals surface area contributed by atoms with E-state index in [0.717, 1.165) is 50.0 Å². The predicted octanol–water partition coefficient (Wildman–Crippen LogP) is 2.26. The summed E-state index contributed by atoms with van der Waals surface area (Å²) >= 11 is 0. The molecule has 0 saturated heterocycles. The molecule has 2 aliphatic heterocycles. The zero-order valence-electron chi connectivity index (χ0n) is 11.4. The van der Waals surface area contributed by atoms with Gasteiger partial charge in [-0.25, -0.2) is 0 Å². The van der Waals surface area contributed by atoms with Gasteiger partial charge in [0.15, 0.2) is 0 Å². The molecule has 1 fully saturated rings. The Bertz CT molecular complexity index is 587. The number of benzene rings is 1. The molecule has 1 saturated carbocycles. The number of nitrogens with one attached hydrogen (secondary N) is 1. The van der Waals surface area contributed by atoms with Crippen molar-refractivity contribution in [2.75, 3.05) is 16.8 Å². The summed E-state index contributed by atoms with van der Waals surface area (Å²) < 4.78 is 0. The molecule has 0 bridgehead atoms. The third kappa shape index (κ3) is 1.90. The summed E-state index contributed by atoms with van der Waals surface area (Å²) in [7, 11) is 0. The van der Waals surface area contributed by atoms with Crippen LogP contribution in [0.4, 0.5) is 11.4 Å². The largest absolute Gasteiger partial charge is 0.326 e. The highest BCUT2D eigenvalue weighted by Crippen LogP contribution is 2.38. The van der Waals surface area contributed by atoms with E-state index in [0.29, 0.717) is 6.42 Å². The minimum Gasteiger partial charge on any atom is -0.326 e. The van der Waals surface area contributed by atoms with Crippen molar-refractivity contribution in [3.05, 3.63) is 23.3 Å². The number of hydrogen-bond acceptors (Lipinski definition) is 2. The van der Waals surface area contributed by atoms with Gasteiger partial charge in [0, 0.05) is 24.6 Å². The van der Waals surface area contributed by atoms with Gasteiger partial charge in [0.2, 0.25) is 11.8 Å². The lowest BCUT2D eigenvalue weighted by atomic mass is 9.91. The van der Waals surface area contributed by atoms with Gasteiger partial charge >= 0.3 is 0 Å². The van der Waals surface area contributed by atoms with Crippen molar-refractivity contribution in [3.63, 3.8) is 0 Å². The number of rotatable bonds is 2. The molecule has 0 radical (unpaired) electrons. The van der Waals surface area contributed by atoms with E-state index in [9.17, 15) is 9.59 Å². The summed E-state index contributed by atoms with van der Waals surface area (Å²) in [5, 5.41) is 3.04. The molecule has 0 aromatic heterocycles. The molecule has 1 aliphatic carbocycles. The van der Waals surface area contributed by atoms with Gasteiger partial charge in [-0.3, -0.25) is 9.59 Å². The summed E-state index contributed by atoms with van der Waals surface area (Å²) in [5.41, 5.74) is 4.46. The Hall–Kier alpha value is -1.84. The zero-order chi connectivity index (χ0) is 13.7. The number of hydrogen-bond donors (Lipinski definition) is 1. The fourth-order valence-corrected chi connectivity index (χ4v) is 3.32. The third-order valence-electron chi connectivity index (χ3n) is 4.49. The van der Waals surface area contributed by atoms with Crippen LogP contribution in [0, 0.1) is 5.92 Å². The van der Waals surface area contributed by atoms with Crippen LogP contribution in [-0.4, -0.2) is 18.4 Å². The molecule has 1 aromatic carbocycles. The Morgan fingerprint density at radius 1 is 1.15 bits per heavy atom. The minimum atomic E-state index is 0.150. The first kappa shape index (κ1) is 11.9. The van der Waals surface area contributed by atoms with Crippen molar-refractivity contribution in [2.45, 2.75) is 38.5 Å². The molecule has 0 unspecified atom stereocenters. The summed E-state index contributed by atoms with van der Waals surface area (Å²) in [6.45, 7) is 0.840. The van der Waals surface area contributed by atoms with E-state index in [2.05, 4.69) is 17.4 Å². The SMILES string of the molecule is O=C(Nc1cc2c3c(c1)CCC(=O)N3CCC2)C1CC1. The van der Waals surface area contributed by atoms with Crippen LogP contribution in [0.25, 0.3) is 0 Å². The molecule has 0 atom stereocenters. The topological polar surface area (TPSA) is 49.4 Å². The van der Waals surface area contributed by atoms with Crippen molar-refractivity contribution in [3.8, 4) is 0 Å². The Kier molecular flexibility index (Phi) is 2.59. The van der Waals surface area contributed by atoms with E-state index in [1.807, 2.05) is 4.90 Å². The zero-order valence-corrected chi connectivity index (χ0v) is 11.4. The first-order valence-electron chi connectivity index (χ1n) is 7.49. The molecular formula is C16H18N2O2. The average molecular weight is 270 g/mol. The van der Waals surface area contributed by atoms with Gasteiger partial charge < -0.3 is 10.2 Å². The van der Waals surface area contributed by atoms with Crippen LogP contribution >= 0.6 is 0 Å². The highest BCUT2D eigenvalue weighted by Gasteiger charge is 2.32. The van der Waals surface area contributed by atoms with Crippen molar-refractivity contribution in [1.82, 2.24) is 0 Å². The van der Waals surface area contributed by atoms with E-state index in [4.69, 9.17) is 0 Å². The normalized spacial score (nSPS) is 20.6. The molecule has 2 heterocycles. The van der Waals surface area contributed by atoms with E-state index in [1.165, 1.54) is 11.1 Å². The maximum absolute atomic E-state index is 12.0. The second-order valence-corrected chi connectivity index (χ2v) is 6.06. The van der Waals surface area contributed by atoms with E-state index in [1.54, 1.807) is 0 Å². The maximum atomic E-state index is 12.0. The van der Waals surface area contributed by atoms with Crippen LogP contribution in [0.1, 0.15) is 36.8 Å². The third-order valence-corrected chi connectivity index (χ3v) is 4.49. The lowest BCUT2D eigenvalue weighted by molar-refractivity contribution is -0.119. The van der Waals surface area contributed by atoms with Crippen molar-refractivity contribution < 1.29 is 9.59 Å². The number of aryl methyl sites for hydroxylation is 2. The number of anilines is 2. The lowest BCUT2D eigenvalue weighted by Gasteiger charge is -2.35. The van der Waals surface area contributed by atoms with Crippen LogP contribution in [0.3, 0.4) is 0 Å².